The van der Waals surface area contributed by atoms with Crippen LogP contribution >= 0.6 is 0 Å². The van der Waals surface area contributed by atoms with Crippen LogP contribution in [0, 0.1) is 5.41 Å². The summed E-state index contributed by atoms with van der Waals surface area (Å²) >= 11 is 0. The Balaban J connectivity index is 2.39. The van der Waals surface area contributed by atoms with Gasteiger partial charge in [0.25, 0.3) is 0 Å². The molecular formula is C8H17N3O. The Morgan fingerprint density at radius 3 is 2.67 bits per heavy atom. The number of rotatable bonds is 2. The average molecular weight is 171 g/mol. The first-order chi connectivity index (χ1) is 5.66. The van der Waals surface area contributed by atoms with E-state index in [-0.39, 0.29) is 5.96 Å². The van der Waals surface area contributed by atoms with Crippen LogP contribution in [0.25, 0.3) is 0 Å². The summed E-state index contributed by atoms with van der Waals surface area (Å²) in [6.07, 6.45) is 5.02. The van der Waals surface area contributed by atoms with Gasteiger partial charge in [-0.25, -0.2) is 5.48 Å². The van der Waals surface area contributed by atoms with Crippen LogP contribution in [0.5, 0.6) is 0 Å². The van der Waals surface area contributed by atoms with Gasteiger partial charge >= 0.3 is 0 Å². The molecule has 0 aromatic carbocycles. The van der Waals surface area contributed by atoms with Crippen molar-refractivity contribution in [2.75, 3.05) is 6.54 Å². The molecule has 0 bridgehead atoms. The number of hydrogen-bond donors (Lipinski definition) is 3. The van der Waals surface area contributed by atoms with Crippen molar-refractivity contribution in [2.45, 2.75) is 32.6 Å². The monoisotopic (exact) mass is 171 g/mol. The van der Waals surface area contributed by atoms with Crippen LogP contribution in [0.15, 0.2) is 4.99 Å². The standard InChI is InChI=1S/C8H17N3O/c1-8(4-2-3-5-8)6-10-7(9)11-12/h12H,2-6H2,1H3,(H3,9,10,11). The molecule has 0 saturated heterocycles. The number of nitrogens with one attached hydrogen (secondary N) is 1. The van der Waals surface area contributed by atoms with E-state index in [1.54, 1.807) is 0 Å². The van der Waals surface area contributed by atoms with Crippen molar-refractivity contribution >= 4 is 5.96 Å². The van der Waals surface area contributed by atoms with Gasteiger partial charge in [-0.2, -0.15) is 0 Å². The van der Waals surface area contributed by atoms with Gasteiger partial charge in [0.2, 0.25) is 5.96 Å². The Morgan fingerprint density at radius 2 is 2.17 bits per heavy atom. The Hall–Kier alpha value is -0.770. The molecule has 0 aromatic heterocycles. The lowest BCUT2D eigenvalue weighted by molar-refractivity contribution is 0.231. The summed E-state index contributed by atoms with van der Waals surface area (Å²) in [6.45, 7) is 2.93. The topological polar surface area (TPSA) is 70.6 Å². The highest BCUT2D eigenvalue weighted by Gasteiger charge is 2.28. The number of aliphatic imine (C=N–C) groups is 1. The van der Waals surface area contributed by atoms with E-state index >= 15 is 0 Å². The zero-order chi connectivity index (χ0) is 9.03. The van der Waals surface area contributed by atoms with Gasteiger partial charge in [0.05, 0.1) is 0 Å². The molecule has 4 nitrogen and oxygen atoms in total. The molecule has 1 saturated carbocycles. The molecule has 4 heteroatoms. The molecule has 1 aliphatic carbocycles. The van der Waals surface area contributed by atoms with Crippen molar-refractivity contribution in [3.63, 3.8) is 0 Å². The maximum absolute atomic E-state index is 8.39. The van der Waals surface area contributed by atoms with Gasteiger partial charge in [-0.1, -0.05) is 19.8 Å². The molecule has 1 rings (SSSR count). The van der Waals surface area contributed by atoms with Crippen LogP contribution in [-0.2, 0) is 0 Å². The minimum Gasteiger partial charge on any atom is -0.368 e. The van der Waals surface area contributed by atoms with E-state index in [0.29, 0.717) is 12.0 Å². The van der Waals surface area contributed by atoms with Gasteiger partial charge < -0.3 is 5.73 Å². The minimum absolute atomic E-state index is 0.114. The Morgan fingerprint density at radius 1 is 1.58 bits per heavy atom. The third kappa shape index (κ3) is 2.37. The average Bonchev–Trinajstić information content (AvgIpc) is 2.49. The van der Waals surface area contributed by atoms with Gasteiger partial charge in [-0.05, 0) is 18.3 Å². The predicted octanol–water partition coefficient (Wildman–Crippen LogP) is 0.860. The number of hydrogen-bond acceptors (Lipinski definition) is 2. The Kier molecular flexibility index (Phi) is 2.92. The van der Waals surface area contributed by atoms with Crippen molar-refractivity contribution in [2.24, 2.45) is 16.1 Å². The second-order valence-corrected chi connectivity index (χ2v) is 3.83. The van der Waals surface area contributed by atoms with E-state index in [1.807, 2.05) is 5.48 Å². The zero-order valence-electron chi connectivity index (χ0n) is 7.51. The maximum atomic E-state index is 8.39. The van der Waals surface area contributed by atoms with Gasteiger partial charge in [0, 0.05) is 6.54 Å². The molecule has 0 radical (unpaired) electrons. The predicted molar refractivity (Wildman–Crippen MR) is 48.0 cm³/mol. The fourth-order valence-electron chi connectivity index (χ4n) is 1.70. The van der Waals surface area contributed by atoms with E-state index in [4.69, 9.17) is 10.9 Å². The highest BCUT2D eigenvalue weighted by atomic mass is 16.5. The lowest BCUT2D eigenvalue weighted by Crippen LogP contribution is -2.30. The summed E-state index contributed by atoms with van der Waals surface area (Å²) in [5.41, 5.74) is 7.44. The number of nitrogens with zero attached hydrogens (tertiary/aromatic N) is 1. The lowest BCUT2D eigenvalue weighted by atomic mass is 9.89. The summed E-state index contributed by atoms with van der Waals surface area (Å²) in [7, 11) is 0. The van der Waals surface area contributed by atoms with E-state index in [9.17, 15) is 0 Å². The van der Waals surface area contributed by atoms with Crippen molar-refractivity contribution in [3.05, 3.63) is 0 Å². The number of hydroxylamine groups is 1. The lowest BCUT2D eigenvalue weighted by Gasteiger charge is -2.20. The molecular weight excluding hydrogens is 154 g/mol. The van der Waals surface area contributed by atoms with Crippen LogP contribution in [0.3, 0.4) is 0 Å². The van der Waals surface area contributed by atoms with E-state index < -0.39 is 0 Å². The Labute approximate surface area is 72.8 Å². The highest BCUT2D eigenvalue weighted by Crippen LogP contribution is 2.37. The van der Waals surface area contributed by atoms with Crippen LogP contribution in [0.2, 0.25) is 0 Å². The van der Waals surface area contributed by atoms with Crippen LogP contribution < -0.4 is 11.2 Å². The second-order valence-electron chi connectivity index (χ2n) is 3.83. The number of guanidine groups is 1. The van der Waals surface area contributed by atoms with Crippen molar-refractivity contribution < 1.29 is 5.21 Å². The van der Waals surface area contributed by atoms with Crippen molar-refractivity contribution in [3.8, 4) is 0 Å². The molecule has 0 unspecified atom stereocenters. The van der Waals surface area contributed by atoms with Gasteiger partial charge in [-0.3, -0.25) is 10.2 Å². The molecule has 0 heterocycles. The quantitative estimate of drug-likeness (QED) is 0.328. The minimum atomic E-state index is 0.114. The third-order valence-electron chi connectivity index (χ3n) is 2.56. The first-order valence-electron chi connectivity index (χ1n) is 4.36. The van der Waals surface area contributed by atoms with Gasteiger partial charge in [0.15, 0.2) is 0 Å². The highest BCUT2D eigenvalue weighted by molar-refractivity contribution is 5.76. The fraction of sp³-hybridized carbons (Fsp3) is 0.875. The molecule has 70 valence electrons. The largest absolute Gasteiger partial charge is 0.368 e. The molecule has 1 aliphatic rings. The zero-order valence-corrected chi connectivity index (χ0v) is 7.51. The summed E-state index contributed by atoms with van der Waals surface area (Å²) in [5.74, 6) is 0.114. The van der Waals surface area contributed by atoms with E-state index in [2.05, 4.69) is 11.9 Å². The third-order valence-corrected chi connectivity index (χ3v) is 2.56. The maximum Gasteiger partial charge on any atom is 0.212 e. The van der Waals surface area contributed by atoms with Gasteiger partial charge in [0.1, 0.15) is 0 Å². The molecule has 12 heavy (non-hydrogen) atoms. The van der Waals surface area contributed by atoms with E-state index in [1.165, 1.54) is 25.7 Å². The molecule has 0 atom stereocenters. The molecule has 1 fully saturated rings. The summed E-state index contributed by atoms with van der Waals surface area (Å²) in [6, 6.07) is 0. The van der Waals surface area contributed by atoms with Crippen LogP contribution in [0.1, 0.15) is 32.6 Å². The summed E-state index contributed by atoms with van der Waals surface area (Å²) in [4.78, 5) is 4.03. The van der Waals surface area contributed by atoms with E-state index in [0.717, 1.165) is 0 Å². The second kappa shape index (κ2) is 3.76. The molecule has 0 amide bonds. The molecule has 0 spiro atoms. The molecule has 0 aromatic rings. The van der Waals surface area contributed by atoms with Crippen molar-refractivity contribution in [1.82, 2.24) is 5.48 Å². The smallest absolute Gasteiger partial charge is 0.212 e. The summed E-state index contributed by atoms with van der Waals surface area (Å²) in [5, 5.41) is 8.39. The fourth-order valence-corrected chi connectivity index (χ4v) is 1.70. The Bertz CT molecular complexity index is 173. The number of nitrogens with two attached hydrogens (primary N) is 1. The van der Waals surface area contributed by atoms with Crippen LogP contribution in [-0.4, -0.2) is 17.7 Å². The normalized spacial score (nSPS) is 22.7. The SMILES string of the molecule is CC1(CN=C(N)NO)CCCC1. The van der Waals surface area contributed by atoms with Crippen molar-refractivity contribution in [1.29, 1.82) is 0 Å². The van der Waals surface area contributed by atoms with Gasteiger partial charge in [-0.15, -0.1) is 0 Å². The van der Waals surface area contributed by atoms with Crippen LogP contribution in [0.4, 0.5) is 0 Å². The summed E-state index contributed by atoms with van der Waals surface area (Å²) < 4.78 is 0. The molecule has 4 N–H and O–H groups in total. The first-order valence-corrected chi connectivity index (χ1v) is 4.36. The molecule has 0 aliphatic heterocycles. The first kappa shape index (κ1) is 9.32.